The molecule has 7 nitrogen and oxygen atoms in total. The Morgan fingerprint density at radius 1 is 1.29 bits per heavy atom. The second-order valence-electron chi connectivity index (χ2n) is 5.05. The number of nitro benzene ring substituents is 1. The Kier molecular flexibility index (Phi) is 6.10. The number of carbonyl (C=O) groups is 1. The van der Waals surface area contributed by atoms with Crippen LogP contribution in [0.2, 0.25) is 0 Å². The summed E-state index contributed by atoms with van der Waals surface area (Å²) in [5.74, 6) is -0.219. The molecule has 0 atom stereocenters. The van der Waals surface area contributed by atoms with Gasteiger partial charge in [0.05, 0.1) is 4.92 Å². The van der Waals surface area contributed by atoms with Crippen LogP contribution < -0.4 is 5.32 Å². The van der Waals surface area contributed by atoms with E-state index in [4.69, 9.17) is 0 Å². The zero-order valence-corrected chi connectivity index (χ0v) is 12.9. The molecule has 1 aromatic carbocycles. The molecule has 0 heterocycles. The number of rotatable bonds is 7. The van der Waals surface area contributed by atoms with Gasteiger partial charge in [-0.3, -0.25) is 14.9 Å². The second-order valence-corrected chi connectivity index (χ2v) is 5.05. The maximum absolute atomic E-state index is 12.3. The molecular weight excluding hydrogens is 272 g/mol. The third-order valence-corrected chi connectivity index (χ3v) is 3.04. The lowest BCUT2D eigenvalue weighted by atomic mass is 10.1. The van der Waals surface area contributed by atoms with E-state index in [9.17, 15) is 14.9 Å². The van der Waals surface area contributed by atoms with Crippen molar-refractivity contribution in [1.82, 2.24) is 9.80 Å². The fourth-order valence-electron chi connectivity index (χ4n) is 1.83. The van der Waals surface area contributed by atoms with Crippen LogP contribution >= 0.6 is 0 Å². The molecule has 0 aliphatic rings. The van der Waals surface area contributed by atoms with Crippen molar-refractivity contribution in [2.45, 2.75) is 6.92 Å². The number of benzene rings is 1. The molecule has 116 valence electrons. The molecule has 0 saturated heterocycles. The summed E-state index contributed by atoms with van der Waals surface area (Å²) in [6.07, 6.45) is 0. The zero-order chi connectivity index (χ0) is 16.0. The minimum atomic E-state index is -0.478. The fraction of sp³-hybridized carbons (Fsp3) is 0.500. The summed E-state index contributed by atoms with van der Waals surface area (Å²) in [6.45, 7) is 3.74. The molecule has 1 aromatic rings. The van der Waals surface area contributed by atoms with Crippen LogP contribution in [0.4, 0.5) is 11.4 Å². The van der Waals surface area contributed by atoms with E-state index >= 15 is 0 Å². The quantitative estimate of drug-likeness (QED) is 0.611. The minimum Gasteiger partial charge on any atom is -0.380 e. The summed E-state index contributed by atoms with van der Waals surface area (Å²) in [7, 11) is 5.54. The molecule has 0 aliphatic carbocycles. The van der Waals surface area contributed by atoms with E-state index in [1.807, 2.05) is 25.9 Å². The Morgan fingerprint density at radius 2 is 1.95 bits per heavy atom. The van der Waals surface area contributed by atoms with Gasteiger partial charge in [-0.05, 0) is 33.2 Å². The van der Waals surface area contributed by atoms with Gasteiger partial charge in [0.25, 0.3) is 11.6 Å². The Bertz CT molecular complexity index is 517. The first-order chi connectivity index (χ1) is 9.86. The number of hydrogen-bond donors (Lipinski definition) is 1. The number of nitrogens with zero attached hydrogens (tertiary/aromatic N) is 3. The van der Waals surface area contributed by atoms with Crippen molar-refractivity contribution in [3.63, 3.8) is 0 Å². The van der Waals surface area contributed by atoms with Gasteiger partial charge < -0.3 is 15.1 Å². The van der Waals surface area contributed by atoms with Crippen molar-refractivity contribution >= 4 is 17.3 Å². The van der Waals surface area contributed by atoms with Crippen LogP contribution in [0.15, 0.2) is 18.2 Å². The van der Waals surface area contributed by atoms with Crippen molar-refractivity contribution in [2.24, 2.45) is 0 Å². The van der Waals surface area contributed by atoms with E-state index in [-0.39, 0.29) is 11.6 Å². The first-order valence-electron chi connectivity index (χ1n) is 6.79. The van der Waals surface area contributed by atoms with E-state index < -0.39 is 4.92 Å². The molecule has 1 N–H and O–H groups in total. The van der Waals surface area contributed by atoms with Gasteiger partial charge in [0.15, 0.2) is 0 Å². The van der Waals surface area contributed by atoms with Crippen molar-refractivity contribution in [3.8, 4) is 0 Å². The Hall–Kier alpha value is -2.15. The summed E-state index contributed by atoms with van der Waals surface area (Å²) >= 11 is 0. The molecule has 0 radical (unpaired) electrons. The SMILES string of the molecule is CCNc1ccc(C(=O)N(C)CCN(C)C)cc1[N+](=O)[O-]. The maximum Gasteiger partial charge on any atom is 0.293 e. The highest BCUT2D eigenvalue weighted by Gasteiger charge is 2.19. The zero-order valence-electron chi connectivity index (χ0n) is 12.9. The number of nitrogens with one attached hydrogen (secondary N) is 1. The van der Waals surface area contributed by atoms with Gasteiger partial charge in [0.1, 0.15) is 5.69 Å². The van der Waals surface area contributed by atoms with Crippen LogP contribution in [-0.4, -0.2) is 61.4 Å². The first-order valence-corrected chi connectivity index (χ1v) is 6.79. The second kappa shape index (κ2) is 7.58. The molecule has 7 heteroatoms. The average molecular weight is 294 g/mol. The lowest BCUT2D eigenvalue weighted by Gasteiger charge is -2.19. The van der Waals surface area contributed by atoms with Gasteiger partial charge >= 0.3 is 0 Å². The number of likely N-dealkylation sites (N-methyl/N-ethyl adjacent to an activating group) is 2. The van der Waals surface area contributed by atoms with Crippen molar-refractivity contribution < 1.29 is 9.72 Å². The predicted molar refractivity (Wildman–Crippen MR) is 82.8 cm³/mol. The Labute approximate surface area is 124 Å². The maximum atomic E-state index is 12.3. The molecule has 0 unspecified atom stereocenters. The highest BCUT2D eigenvalue weighted by molar-refractivity contribution is 5.95. The molecule has 0 fully saturated rings. The lowest BCUT2D eigenvalue weighted by Crippen LogP contribution is -2.33. The third kappa shape index (κ3) is 4.71. The van der Waals surface area contributed by atoms with Crippen LogP contribution in [-0.2, 0) is 0 Å². The third-order valence-electron chi connectivity index (χ3n) is 3.04. The highest BCUT2D eigenvalue weighted by Crippen LogP contribution is 2.25. The van der Waals surface area contributed by atoms with Crippen LogP contribution in [0.5, 0.6) is 0 Å². The predicted octanol–water partition coefficient (Wildman–Crippen LogP) is 1.66. The van der Waals surface area contributed by atoms with Crippen molar-refractivity contribution in [2.75, 3.05) is 46.1 Å². The van der Waals surface area contributed by atoms with E-state index in [0.29, 0.717) is 24.3 Å². The molecule has 0 aromatic heterocycles. The summed E-state index contributed by atoms with van der Waals surface area (Å²) < 4.78 is 0. The normalized spacial score (nSPS) is 10.5. The van der Waals surface area contributed by atoms with Crippen molar-refractivity contribution in [1.29, 1.82) is 0 Å². The molecule has 0 saturated carbocycles. The topological polar surface area (TPSA) is 78.7 Å². The van der Waals surface area contributed by atoms with Gasteiger partial charge in [0.2, 0.25) is 0 Å². The van der Waals surface area contributed by atoms with E-state index in [1.54, 1.807) is 24.1 Å². The Morgan fingerprint density at radius 3 is 2.48 bits per heavy atom. The summed E-state index contributed by atoms with van der Waals surface area (Å²) in [4.78, 5) is 26.4. The first kappa shape index (κ1) is 16.9. The molecule has 1 amide bonds. The molecule has 0 aliphatic heterocycles. The van der Waals surface area contributed by atoms with Gasteiger partial charge in [-0.15, -0.1) is 0 Å². The fourth-order valence-corrected chi connectivity index (χ4v) is 1.83. The minimum absolute atomic E-state index is 0.0799. The van der Waals surface area contributed by atoms with Gasteiger partial charge in [-0.1, -0.05) is 0 Å². The Balaban J connectivity index is 2.95. The summed E-state index contributed by atoms with van der Waals surface area (Å²) in [5.41, 5.74) is 0.670. The summed E-state index contributed by atoms with van der Waals surface area (Å²) in [5, 5.41) is 14.0. The van der Waals surface area contributed by atoms with Crippen molar-refractivity contribution in [3.05, 3.63) is 33.9 Å². The van der Waals surface area contributed by atoms with Crippen LogP contribution in [0.1, 0.15) is 17.3 Å². The van der Waals surface area contributed by atoms with Gasteiger partial charge in [-0.2, -0.15) is 0 Å². The van der Waals surface area contributed by atoms with E-state index in [1.165, 1.54) is 6.07 Å². The lowest BCUT2D eigenvalue weighted by molar-refractivity contribution is -0.384. The summed E-state index contributed by atoms with van der Waals surface area (Å²) in [6, 6.07) is 4.51. The number of amides is 1. The van der Waals surface area contributed by atoms with E-state index in [2.05, 4.69) is 5.32 Å². The van der Waals surface area contributed by atoms with Crippen LogP contribution in [0.25, 0.3) is 0 Å². The number of anilines is 1. The van der Waals surface area contributed by atoms with E-state index in [0.717, 1.165) is 6.54 Å². The highest BCUT2D eigenvalue weighted by atomic mass is 16.6. The number of hydrogen-bond acceptors (Lipinski definition) is 5. The molecule has 0 spiro atoms. The van der Waals surface area contributed by atoms with Gasteiger partial charge in [0, 0.05) is 38.3 Å². The largest absolute Gasteiger partial charge is 0.380 e. The molecule has 21 heavy (non-hydrogen) atoms. The number of nitro groups is 1. The number of carbonyl (C=O) groups excluding carboxylic acids is 1. The molecular formula is C14H22N4O3. The average Bonchev–Trinajstić information content (AvgIpc) is 2.44. The molecule has 0 bridgehead atoms. The smallest absolute Gasteiger partial charge is 0.293 e. The van der Waals surface area contributed by atoms with Gasteiger partial charge in [-0.25, -0.2) is 0 Å². The van der Waals surface area contributed by atoms with Crippen LogP contribution in [0.3, 0.4) is 0 Å². The monoisotopic (exact) mass is 294 g/mol. The molecule has 1 rings (SSSR count). The van der Waals surface area contributed by atoms with Crippen LogP contribution in [0, 0.1) is 10.1 Å². The standard InChI is InChI=1S/C14H22N4O3/c1-5-15-12-7-6-11(10-13(12)18(20)21)14(19)17(4)9-8-16(2)3/h6-7,10,15H,5,8-9H2,1-4H3.